The highest BCUT2D eigenvalue weighted by Crippen LogP contribution is 2.27. The van der Waals surface area contributed by atoms with E-state index in [-0.39, 0.29) is 0 Å². The molecule has 0 amide bonds. The Hall–Kier alpha value is -3.02. The molecule has 6 nitrogen and oxygen atoms in total. The van der Waals surface area contributed by atoms with Crippen LogP contribution in [0, 0.1) is 0 Å². The molecule has 2 aromatic rings. The molecule has 0 aliphatic carbocycles. The van der Waals surface area contributed by atoms with Gasteiger partial charge in [0.2, 0.25) is 0 Å². The van der Waals surface area contributed by atoms with Crippen molar-refractivity contribution in [1.82, 2.24) is 0 Å². The topological polar surface area (TPSA) is 66.4 Å². The Morgan fingerprint density at radius 2 is 1.62 bits per heavy atom. The van der Waals surface area contributed by atoms with Gasteiger partial charge in [0.15, 0.2) is 11.5 Å². The average molecular weight is 357 g/mol. The fourth-order valence-corrected chi connectivity index (χ4v) is 2.18. The fourth-order valence-electron chi connectivity index (χ4n) is 2.18. The molecule has 6 heteroatoms. The van der Waals surface area contributed by atoms with E-state index in [0.29, 0.717) is 35.1 Å². The van der Waals surface area contributed by atoms with E-state index in [2.05, 4.69) is 5.16 Å². The van der Waals surface area contributed by atoms with Gasteiger partial charge in [0.25, 0.3) is 0 Å². The summed E-state index contributed by atoms with van der Waals surface area (Å²) in [7, 11) is 3.13. The zero-order chi connectivity index (χ0) is 18.9. The summed E-state index contributed by atoms with van der Waals surface area (Å²) in [6.45, 7) is 4.42. The van der Waals surface area contributed by atoms with E-state index in [0.717, 1.165) is 12.0 Å². The van der Waals surface area contributed by atoms with Crippen LogP contribution < -0.4 is 14.2 Å². The third kappa shape index (κ3) is 4.99. The highest BCUT2D eigenvalue weighted by atomic mass is 16.7. The zero-order valence-corrected chi connectivity index (χ0v) is 15.4. The first-order valence-electron chi connectivity index (χ1n) is 8.30. The van der Waals surface area contributed by atoms with Crippen molar-refractivity contribution >= 4 is 11.7 Å². The number of ether oxygens (including phenoxy) is 3. The molecule has 0 N–H and O–H groups in total. The van der Waals surface area contributed by atoms with Crippen molar-refractivity contribution < 1.29 is 23.8 Å². The van der Waals surface area contributed by atoms with Crippen LogP contribution in [0.1, 0.15) is 36.2 Å². The van der Waals surface area contributed by atoms with Crippen LogP contribution in [0.3, 0.4) is 0 Å². The summed E-state index contributed by atoms with van der Waals surface area (Å²) < 4.78 is 15.9. The van der Waals surface area contributed by atoms with Gasteiger partial charge in [-0.3, -0.25) is 0 Å². The van der Waals surface area contributed by atoms with Gasteiger partial charge in [-0.05, 0) is 55.8 Å². The molecule has 0 aliphatic heterocycles. The van der Waals surface area contributed by atoms with E-state index in [4.69, 9.17) is 19.0 Å². The first-order chi connectivity index (χ1) is 12.6. The van der Waals surface area contributed by atoms with Crippen LogP contribution in [0.25, 0.3) is 0 Å². The summed E-state index contributed by atoms with van der Waals surface area (Å²) in [5, 5.41) is 3.91. The molecule has 0 unspecified atom stereocenters. The molecule has 2 rings (SSSR count). The quantitative estimate of drug-likeness (QED) is 0.405. The number of methoxy groups -OCH3 is 2. The number of carbonyl (C=O) groups is 1. The summed E-state index contributed by atoms with van der Waals surface area (Å²) in [4.78, 5) is 17.1. The molecule has 26 heavy (non-hydrogen) atoms. The number of rotatable bonds is 8. The van der Waals surface area contributed by atoms with Crippen LogP contribution in [-0.4, -0.2) is 32.5 Å². The molecule has 0 spiro atoms. The fraction of sp³-hybridized carbons (Fsp3) is 0.300. The zero-order valence-electron chi connectivity index (χ0n) is 15.4. The van der Waals surface area contributed by atoms with Crippen LogP contribution in [0.5, 0.6) is 17.2 Å². The third-order valence-corrected chi connectivity index (χ3v) is 3.63. The maximum Gasteiger partial charge on any atom is 0.365 e. The molecule has 138 valence electrons. The van der Waals surface area contributed by atoms with Gasteiger partial charge < -0.3 is 19.0 Å². The smallest absolute Gasteiger partial charge is 0.365 e. The Morgan fingerprint density at radius 3 is 2.23 bits per heavy atom. The van der Waals surface area contributed by atoms with Gasteiger partial charge in [-0.1, -0.05) is 12.1 Å². The summed E-state index contributed by atoms with van der Waals surface area (Å²) in [5.41, 5.74) is 1.71. The minimum absolute atomic E-state index is 0.401. The third-order valence-electron chi connectivity index (χ3n) is 3.63. The molecule has 0 saturated heterocycles. The lowest BCUT2D eigenvalue weighted by Crippen LogP contribution is -2.04. The van der Waals surface area contributed by atoms with Gasteiger partial charge in [-0.2, -0.15) is 0 Å². The molecule has 0 atom stereocenters. The van der Waals surface area contributed by atoms with Crippen molar-refractivity contribution in [3.63, 3.8) is 0 Å². The summed E-state index contributed by atoms with van der Waals surface area (Å²) in [6, 6.07) is 12.1. The van der Waals surface area contributed by atoms with Crippen LogP contribution in [0.15, 0.2) is 47.6 Å². The van der Waals surface area contributed by atoms with Crippen molar-refractivity contribution in [3.05, 3.63) is 53.6 Å². The van der Waals surface area contributed by atoms with Crippen LogP contribution in [0.2, 0.25) is 0 Å². The summed E-state index contributed by atoms with van der Waals surface area (Å²) >= 11 is 0. The highest BCUT2D eigenvalue weighted by Gasteiger charge is 2.10. The lowest BCUT2D eigenvalue weighted by atomic mass is 10.1. The second-order valence-corrected chi connectivity index (χ2v) is 5.50. The highest BCUT2D eigenvalue weighted by molar-refractivity contribution is 5.99. The molecule has 0 radical (unpaired) electrons. The predicted molar refractivity (Wildman–Crippen MR) is 99.4 cm³/mol. The number of hydrogen-bond donors (Lipinski definition) is 0. The monoisotopic (exact) mass is 357 g/mol. The Kier molecular flexibility index (Phi) is 7.02. The Morgan fingerprint density at radius 1 is 0.962 bits per heavy atom. The molecule has 0 aliphatic rings. The van der Waals surface area contributed by atoms with Gasteiger partial charge >= 0.3 is 5.97 Å². The van der Waals surface area contributed by atoms with Crippen molar-refractivity contribution in [2.24, 2.45) is 5.16 Å². The van der Waals surface area contributed by atoms with Gasteiger partial charge in [-0.25, -0.2) is 4.79 Å². The van der Waals surface area contributed by atoms with Gasteiger partial charge in [0, 0.05) is 5.56 Å². The predicted octanol–water partition coefficient (Wildman–Crippen LogP) is 4.07. The van der Waals surface area contributed by atoms with E-state index in [9.17, 15) is 4.79 Å². The molecule has 0 bridgehead atoms. The van der Waals surface area contributed by atoms with Gasteiger partial charge in [0.05, 0.1) is 32.1 Å². The summed E-state index contributed by atoms with van der Waals surface area (Å²) in [6.07, 6.45) is 0.925. The molecular formula is C20H23NO5. The first-order valence-corrected chi connectivity index (χ1v) is 8.30. The van der Waals surface area contributed by atoms with E-state index < -0.39 is 5.97 Å². The van der Waals surface area contributed by atoms with Crippen LogP contribution >= 0.6 is 0 Å². The van der Waals surface area contributed by atoms with Crippen molar-refractivity contribution in [2.75, 3.05) is 20.8 Å². The normalized spacial score (nSPS) is 11.0. The van der Waals surface area contributed by atoms with Gasteiger partial charge in [-0.15, -0.1) is 0 Å². The minimum Gasteiger partial charge on any atom is -0.494 e. The molecule has 0 aromatic heterocycles. The van der Waals surface area contributed by atoms with Crippen LogP contribution in [-0.2, 0) is 4.84 Å². The Labute approximate surface area is 153 Å². The second-order valence-electron chi connectivity index (χ2n) is 5.50. The maximum atomic E-state index is 12.1. The molecule has 0 heterocycles. The molecule has 0 saturated carbocycles. The Balaban J connectivity index is 2.04. The number of nitrogens with zero attached hydrogens (tertiary/aromatic N) is 1. The standard InChI is InChI=1S/C20H23NO5/c1-5-12-25-17-9-6-15(7-10-17)20(22)26-21-14(2)16-8-11-18(23-3)19(13-16)24-4/h6-11,13H,5,12H2,1-4H3. The van der Waals surface area contributed by atoms with Crippen molar-refractivity contribution in [2.45, 2.75) is 20.3 Å². The molecule has 0 fully saturated rings. The second kappa shape index (κ2) is 9.46. The van der Waals surface area contributed by atoms with Crippen LogP contribution in [0.4, 0.5) is 0 Å². The van der Waals surface area contributed by atoms with E-state index >= 15 is 0 Å². The van der Waals surface area contributed by atoms with E-state index in [1.54, 1.807) is 57.5 Å². The first kappa shape index (κ1) is 19.3. The number of hydrogen-bond acceptors (Lipinski definition) is 6. The summed E-state index contributed by atoms with van der Waals surface area (Å²) in [5.74, 6) is 1.38. The average Bonchev–Trinajstić information content (AvgIpc) is 2.69. The molecule has 2 aromatic carbocycles. The van der Waals surface area contributed by atoms with E-state index in [1.807, 2.05) is 13.0 Å². The number of benzene rings is 2. The number of carbonyl (C=O) groups excluding carboxylic acids is 1. The number of oxime groups is 1. The largest absolute Gasteiger partial charge is 0.494 e. The lowest BCUT2D eigenvalue weighted by Gasteiger charge is -2.09. The van der Waals surface area contributed by atoms with Gasteiger partial charge in [0.1, 0.15) is 5.75 Å². The van der Waals surface area contributed by atoms with Crippen molar-refractivity contribution in [1.29, 1.82) is 0 Å². The Bertz CT molecular complexity index is 768. The molecular weight excluding hydrogens is 334 g/mol. The van der Waals surface area contributed by atoms with Crippen molar-refractivity contribution in [3.8, 4) is 17.2 Å². The maximum absolute atomic E-state index is 12.1. The lowest BCUT2D eigenvalue weighted by molar-refractivity contribution is 0.0516. The SMILES string of the molecule is CCCOc1ccc(C(=O)ON=C(C)c2ccc(OC)c(OC)c2)cc1. The minimum atomic E-state index is -0.535. The van der Waals surface area contributed by atoms with E-state index in [1.165, 1.54) is 0 Å².